The number of anilines is 2. The first kappa shape index (κ1) is 15.7. The van der Waals surface area contributed by atoms with Crippen LogP contribution in [0.5, 0.6) is 0 Å². The number of amides is 1. The molecule has 1 N–H and O–H groups in total. The lowest BCUT2D eigenvalue weighted by atomic mass is 10.0. The summed E-state index contributed by atoms with van der Waals surface area (Å²) in [5.41, 5.74) is 7.90. The summed E-state index contributed by atoms with van der Waals surface area (Å²) in [4.78, 5) is 12.8. The molecule has 1 heterocycles. The minimum absolute atomic E-state index is 0.225. The van der Waals surface area contributed by atoms with Crippen molar-refractivity contribution in [3.05, 3.63) is 94.5 Å². The van der Waals surface area contributed by atoms with Gasteiger partial charge in [-0.1, -0.05) is 60.1 Å². The van der Waals surface area contributed by atoms with Gasteiger partial charge in [0.05, 0.1) is 22.0 Å². The highest BCUT2D eigenvalue weighted by Crippen LogP contribution is 2.34. The van der Waals surface area contributed by atoms with Crippen LogP contribution in [0.3, 0.4) is 0 Å². The van der Waals surface area contributed by atoms with Gasteiger partial charge in [0.25, 0.3) is 5.91 Å². The smallest absolute Gasteiger partial charge is 0.267 e. The quantitative estimate of drug-likeness (QED) is 0.712. The molecule has 0 bridgehead atoms. The molecule has 1 aliphatic heterocycles. The summed E-state index contributed by atoms with van der Waals surface area (Å²) in [6.45, 7) is 0. The number of hydrogen-bond donors (Lipinski definition) is 1. The second-order valence-corrected chi connectivity index (χ2v) is 6.42. The normalized spacial score (nSPS) is 12.8. The van der Waals surface area contributed by atoms with Crippen molar-refractivity contribution >= 4 is 28.9 Å². The molecule has 0 radical (unpaired) electrons. The van der Waals surface area contributed by atoms with Gasteiger partial charge in [-0.15, -0.1) is 0 Å². The van der Waals surface area contributed by atoms with Gasteiger partial charge in [-0.2, -0.15) is 0 Å². The second-order valence-electron chi connectivity index (χ2n) is 6.01. The van der Waals surface area contributed by atoms with E-state index in [0.717, 1.165) is 24.2 Å². The fourth-order valence-corrected chi connectivity index (χ4v) is 3.43. The molecule has 4 rings (SSSR count). The third-order valence-electron chi connectivity index (χ3n) is 4.46. The van der Waals surface area contributed by atoms with Crippen LogP contribution in [0.1, 0.15) is 21.5 Å². The van der Waals surface area contributed by atoms with Crippen molar-refractivity contribution in [1.82, 2.24) is 5.43 Å². The van der Waals surface area contributed by atoms with Gasteiger partial charge in [-0.3, -0.25) is 15.2 Å². The Labute approximate surface area is 151 Å². The van der Waals surface area contributed by atoms with Crippen LogP contribution in [-0.2, 0) is 12.8 Å². The number of para-hydroxylation sites is 2. The molecule has 0 saturated carbocycles. The Morgan fingerprint density at radius 1 is 0.800 bits per heavy atom. The van der Waals surface area contributed by atoms with Crippen molar-refractivity contribution in [3.63, 3.8) is 0 Å². The maximum Gasteiger partial charge on any atom is 0.271 e. The predicted molar refractivity (Wildman–Crippen MR) is 101 cm³/mol. The second kappa shape index (κ2) is 6.61. The van der Waals surface area contributed by atoms with Crippen LogP contribution in [0.4, 0.5) is 11.4 Å². The number of hydrogen-bond acceptors (Lipinski definition) is 2. The molecular weight excluding hydrogens is 332 g/mol. The number of nitrogens with one attached hydrogen (secondary N) is 1. The Kier molecular flexibility index (Phi) is 4.16. The molecular formula is C21H17ClN2O. The molecule has 0 atom stereocenters. The van der Waals surface area contributed by atoms with E-state index in [4.69, 9.17) is 11.6 Å². The van der Waals surface area contributed by atoms with Gasteiger partial charge in [0, 0.05) is 0 Å². The first-order valence-electron chi connectivity index (χ1n) is 8.25. The van der Waals surface area contributed by atoms with Gasteiger partial charge in [-0.05, 0) is 48.2 Å². The number of fused-ring (bicyclic) bond motifs is 2. The Hall–Kier alpha value is -2.78. The zero-order valence-corrected chi connectivity index (χ0v) is 14.3. The van der Waals surface area contributed by atoms with E-state index in [-0.39, 0.29) is 5.91 Å². The summed E-state index contributed by atoms with van der Waals surface area (Å²) in [7, 11) is 0. The number of carbonyl (C=O) groups is 1. The molecule has 0 saturated heterocycles. The van der Waals surface area contributed by atoms with E-state index in [1.807, 2.05) is 53.5 Å². The van der Waals surface area contributed by atoms with Crippen molar-refractivity contribution in [2.24, 2.45) is 0 Å². The standard InChI is InChI=1S/C21H17ClN2O/c22-18-10-4-3-9-17(18)21(25)23-24-19-11-5-1-7-15(19)13-14-16-8-2-6-12-20(16)24/h1-12H,13-14H2,(H,23,25). The molecule has 0 fully saturated rings. The average molecular weight is 349 g/mol. The van der Waals surface area contributed by atoms with Gasteiger partial charge < -0.3 is 0 Å². The van der Waals surface area contributed by atoms with E-state index in [1.165, 1.54) is 11.1 Å². The minimum atomic E-state index is -0.225. The molecule has 3 aromatic rings. The molecule has 4 heteroatoms. The van der Waals surface area contributed by atoms with E-state index in [1.54, 1.807) is 12.1 Å². The first-order valence-corrected chi connectivity index (χ1v) is 8.63. The van der Waals surface area contributed by atoms with Crippen molar-refractivity contribution < 1.29 is 4.79 Å². The lowest BCUT2D eigenvalue weighted by Gasteiger charge is -2.27. The minimum Gasteiger partial charge on any atom is -0.267 e. The van der Waals surface area contributed by atoms with Crippen LogP contribution in [0, 0.1) is 0 Å². The highest BCUT2D eigenvalue weighted by molar-refractivity contribution is 6.33. The largest absolute Gasteiger partial charge is 0.271 e. The molecule has 3 aromatic carbocycles. The lowest BCUT2D eigenvalue weighted by Crippen LogP contribution is -2.39. The molecule has 1 aliphatic rings. The fraction of sp³-hybridized carbons (Fsp3) is 0.0952. The van der Waals surface area contributed by atoms with Crippen LogP contribution in [0.2, 0.25) is 5.02 Å². The maximum atomic E-state index is 12.8. The SMILES string of the molecule is O=C(NN1c2ccccc2CCc2ccccc21)c1ccccc1Cl. The van der Waals surface area contributed by atoms with Crippen LogP contribution >= 0.6 is 11.6 Å². The number of hydrazine groups is 1. The Bertz CT molecular complexity index is 891. The summed E-state index contributed by atoms with van der Waals surface area (Å²) in [6.07, 6.45) is 1.87. The number of rotatable bonds is 2. The molecule has 3 nitrogen and oxygen atoms in total. The average Bonchev–Trinajstić information content (AvgIpc) is 2.80. The third kappa shape index (κ3) is 2.99. The number of benzene rings is 3. The summed E-state index contributed by atoms with van der Waals surface area (Å²) in [5.74, 6) is -0.225. The monoisotopic (exact) mass is 348 g/mol. The van der Waals surface area contributed by atoms with Crippen LogP contribution in [-0.4, -0.2) is 5.91 Å². The molecule has 1 amide bonds. The van der Waals surface area contributed by atoms with E-state index in [2.05, 4.69) is 17.6 Å². The van der Waals surface area contributed by atoms with E-state index in [0.29, 0.717) is 10.6 Å². The first-order chi connectivity index (χ1) is 12.2. The van der Waals surface area contributed by atoms with E-state index in [9.17, 15) is 4.79 Å². The third-order valence-corrected chi connectivity index (χ3v) is 4.79. The lowest BCUT2D eigenvalue weighted by molar-refractivity contribution is 0.0954. The van der Waals surface area contributed by atoms with Crippen molar-refractivity contribution in [1.29, 1.82) is 0 Å². The summed E-state index contributed by atoms with van der Waals surface area (Å²) in [6, 6.07) is 23.4. The molecule has 124 valence electrons. The van der Waals surface area contributed by atoms with Crippen molar-refractivity contribution in [2.75, 3.05) is 5.01 Å². The number of nitrogens with zero attached hydrogens (tertiary/aromatic N) is 1. The van der Waals surface area contributed by atoms with Crippen LogP contribution < -0.4 is 10.4 Å². The van der Waals surface area contributed by atoms with Gasteiger partial charge in [0.2, 0.25) is 0 Å². The topological polar surface area (TPSA) is 32.3 Å². The number of carbonyl (C=O) groups excluding carboxylic acids is 1. The van der Waals surface area contributed by atoms with Gasteiger partial charge in [0.1, 0.15) is 0 Å². The van der Waals surface area contributed by atoms with Crippen LogP contribution in [0.15, 0.2) is 72.8 Å². The van der Waals surface area contributed by atoms with Gasteiger partial charge in [0.15, 0.2) is 0 Å². The number of halogens is 1. The summed E-state index contributed by atoms with van der Waals surface area (Å²) in [5, 5.41) is 2.32. The Morgan fingerprint density at radius 3 is 1.92 bits per heavy atom. The molecule has 0 spiro atoms. The molecule has 0 unspecified atom stereocenters. The molecule has 0 aliphatic carbocycles. The number of aryl methyl sites for hydroxylation is 2. The van der Waals surface area contributed by atoms with Crippen molar-refractivity contribution in [2.45, 2.75) is 12.8 Å². The zero-order chi connectivity index (χ0) is 17.2. The van der Waals surface area contributed by atoms with E-state index >= 15 is 0 Å². The maximum absolute atomic E-state index is 12.8. The van der Waals surface area contributed by atoms with E-state index < -0.39 is 0 Å². The zero-order valence-electron chi connectivity index (χ0n) is 13.6. The predicted octanol–water partition coefficient (Wildman–Crippen LogP) is 4.92. The highest BCUT2D eigenvalue weighted by Gasteiger charge is 2.22. The van der Waals surface area contributed by atoms with Crippen LogP contribution in [0.25, 0.3) is 0 Å². The van der Waals surface area contributed by atoms with Crippen molar-refractivity contribution in [3.8, 4) is 0 Å². The van der Waals surface area contributed by atoms with Gasteiger partial charge in [-0.25, -0.2) is 0 Å². The molecule has 0 aromatic heterocycles. The highest BCUT2D eigenvalue weighted by atomic mass is 35.5. The Balaban J connectivity index is 1.78. The van der Waals surface area contributed by atoms with Gasteiger partial charge >= 0.3 is 0 Å². The summed E-state index contributed by atoms with van der Waals surface area (Å²) < 4.78 is 0. The molecule has 25 heavy (non-hydrogen) atoms. The summed E-state index contributed by atoms with van der Waals surface area (Å²) >= 11 is 6.19. The Morgan fingerprint density at radius 2 is 1.32 bits per heavy atom. The fourth-order valence-electron chi connectivity index (χ4n) is 3.21.